The van der Waals surface area contributed by atoms with Gasteiger partial charge < -0.3 is 14.7 Å². The molecule has 0 atom stereocenters. The van der Waals surface area contributed by atoms with Crippen molar-refractivity contribution in [3.8, 4) is 0 Å². The normalized spacial score (nSPS) is 10.9. The number of aromatic amines is 1. The number of fused-ring (bicyclic) bond motifs is 1. The molecule has 0 radical (unpaired) electrons. The van der Waals surface area contributed by atoms with Gasteiger partial charge in [-0.05, 0) is 48.1 Å². The molecule has 4 aromatic rings. The molecule has 0 saturated heterocycles. The van der Waals surface area contributed by atoms with E-state index in [0.717, 1.165) is 5.56 Å². The van der Waals surface area contributed by atoms with Crippen molar-refractivity contribution in [2.75, 3.05) is 0 Å². The third kappa shape index (κ3) is 3.65. The van der Waals surface area contributed by atoms with Crippen LogP contribution in [0.25, 0.3) is 10.9 Å². The Kier molecular flexibility index (Phi) is 4.90. The molecule has 0 bridgehead atoms. The Hall–Kier alpha value is -3.45. The van der Waals surface area contributed by atoms with Gasteiger partial charge in [-0.25, -0.2) is 0 Å². The first-order valence-corrected chi connectivity index (χ1v) is 9.14. The van der Waals surface area contributed by atoms with Crippen molar-refractivity contribution >= 4 is 29.0 Å². The Balaban J connectivity index is 1.63. The highest BCUT2D eigenvalue weighted by Gasteiger charge is 2.11. The lowest BCUT2D eigenvalue weighted by atomic mass is 10.1. The van der Waals surface area contributed by atoms with Gasteiger partial charge in [-0.2, -0.15) is 0 Å². The summed E-state index contributed by atoms with van der Waals surface area (Å²) in [6, 6.07) is 18.1. The molecule has 28 heavy (non-hydrogen) atoms. The van der Waals surface area contributed by atoms with Gasteiger partial charge in [0, 0.05) is 5.56 Å². The number of carbonyl (C=O) groups is 1. The average molecular weight is 391 g/mol. The largest absolute Gasteiger partial charge is 0.467 e. The minimum Gasteiger partial charge on any atom is -0.467 e. The zero-order valence-electron chi connectivity index (χ0n) is 14.8. The monoisotopic (exact) mass is 391 g/mol. The first-order valence-electron chi connectivity index (χ1n) is 8.73. The molecule has 2 aromatic carbocycles. The van der Waals surface area contributed by atoms with Crippen LogP contribution < -0.4 is 10.9 Å². The summed E-state index contributed by atoms with van der Waals surface area (Å²) >= 11 is 5.37. The molecule has 2 aromatic heterocycles. The minimum absolute atomic E-state index is 0.190. The molecule has 2 N–H and O–H groups in total. The fraction of sp³-hybridized carbons (Fsp3) is 0.0952. The quantitative estimate of drug-likeness (QED) is 0.509. The Morgan fingerprint density at radius 2 is 1.93 bits per heavy atom. The summed E-state index contributed by atoms with van der Waals surface area (Å²) in [4.78, 5) is 28.3. The topological polar surface area (TPSA) is 80.0 Å². The lowest BCUT2D eigenvalue weighted by Gasteiger charge is -2.09. The van der Waals surface area contributed by atoms with E-state index in [1.165, 1.54) is 4.57 Å². The molecule has 2 heterocycles. The van der Waals surface area contributed by atoms with Gasteiger partial charge in [-0.3, -0.25) is 14.2 Å². The molecule has 0 saturated carbocycles. The number of nitrogens with zero attached hydrogens (tertiary/aromatic N) is 1. The van der Waals surface area contributed by atoms with E-state index in [9.17, 15) is 9.59 Å². The molecule has 6 nitrogen and oxygen atoms in total. The highest BCUT2D eigenvalue weighted by atomic mass is 32.1. The molecule has 4 rings (SSSR count). The lowest BCUT2D eigenvalue weighted by molar-refractivity contribution is 0.0948. The summed E-state index contributed by atoms with van der Waals surface area (Å²) in [5, 5.41) is 3.26. The SMILES string of the molecule is O=C(NCc1ccco1)c1ccc2c(=O)n(Cc3ccccc3)c(=S)[nH]c2c1. The molecule has 1 amide bonds. The maximum Gasteiger partial charge on any atom is 0.262 e. The second-order valence-electron chi connectivity index (χ2n) is 6.33. The number of nitrogens with one attached hydrogen (secondary N) is 2. The molecule has 0 spiro atoms. The van der Waals surface area contributed by atoms with E-state index < -0.39 is 0 Å². The summed E-state index contributed by atoms with van der Waals surface area (Å²) in [7, 11) is 0. The minimum atomic E-state index is -0.258. The van der Waals surface area contributed by atoms with E-state index in [-0.39, 0.29) is 11.5 Å². The van der Waals surface area contributed by atoms with Gasteiger partial charge in [0.05, 0.1) is 30.3 Å². The first kappa shape index (κ1) is 17.9. The number of furan rings is 1. The number of H-pyrrole nitrogens is 1. The van der Waals surface area contributed by atoms with Gasteiger partial charge in [0.25, 0.3) is 11.5 Å². The van der Waals surface area contributed by atoms with Crippen LogP contribution in [0, 0.1) is 4.77 Å². The van der Waals surface area contributed by atoms with E-state index >= 15 is 0 Å². The van der Waals surface area contributed by atoms with Crippen LogP contribution >= 0.6 is 12.2 Å². The maximum atomic E-state index is 12.9. The van der Waals surface area contributed by atoms with Crippen molar-refractivity contribution in [3.63, 3.8) is 0 Å². The van der Waals surface area contributed by atoms with Crippen LogP contribution in [0.5, 0.6) is 0 Å². The van der Waals surface area contributed by atoms with E-state index in [2.05, 4.69) is 10.3 Å². The molecule has 0 aliphatic carbocycles. The summed E-state index contributed by atoms with van der Waals surface area (Å²) in [6.07, 6.45) is 1.55. The molecular formula is C21H17N3O3S. The van der Waals surface area contributed by atoms with Gasteiger partial charge in [-0.1, -0.05) is 30.3 Å². The molecule has 140 valence electrons. The van der Waals surface area contributed by atoms with Crippen molar-refractivity contribution in [1.82, 2.24) is 14.9 Å². The van der Waals surface area contributed by atoms with Crippen LogP contribution in [0.15, 0.2) is 76.1 Å². The summed E-state index contributed by atoms with van der Waals surface area (Å²) in [5.41, 5.74) is 1.76. The number of aromatic nitrogens is 2. The van der Waals surface area contributed by atoms with Crippen molar-refractivity contribution in [2.45, 2.75) is 13.1 Å². The Bertz CT molecular complexity index is 1240. The van der Waals surface area contributed by atoms with Crippen molar-refractivity contribution in [3.05, 3.63) is 98.9 Å². The fourth-order valence-electron chi connectivity index (χ4n) is 2.99. The Morgan fingerprint density at radius 3 is 2.68 bits per heavy atom. The molecule has 0 fully saturated rings. The van der Waals surface area contributed by atoms with Crippen LogP contribution in [0.4, 0.5) is 0 Å². The molecule has 0 aliphatic rings. The summed E-state index contributed by atoms with van der Waals surface area (Å²) in [6.45, 7) is 0.675. The first-order chi connectivity index (χ1) is 13.6. The van der Waals surface area contributed by atoms with Crippen molar-refractivity contribution < 1.29 is 9.21 Å². The van der Waals surface area contributed by atoms with E-state index in [4.69, 9.17) is 16.6 Å². The van der Waals surface area contributed by atoms with Gasteiger partial charge in [0.2, 0.25) is 0 Å². The van der Waals surface area contributed by atoms with Crippen molar-refractivity contribution in [2.24, 2.45) is 0 Å². The van der Waals surface area contributed by atoms with Crippen LogP contribution in [-0.2, 0) is 13.1 Å². The predicted octanol–water partition coefficient (Wildman–Crippen LogP) is 3.63. The van der Waals surface area contributed by atoms with Gasteiger partial charge in [0.1, 0.15) is 5.76 Å². The average Bonchev–Trinajstić information content (AvgIpc) is 3.23. The van der Waals surface area contributed by atoms with E-state index in [1.807, 2.05) is 30.3 Å². The lowest BCUT2D eigenvalue weighted by Crippen LogP contribution is -2.24. The smallest absolute Gasteiger partial charge is 0.262 e. The summed E-state index contributed by atoms with van der Waals surface area (Å²) in [5.74, 6) is 0.406. The van der Waals surface area contributed by atoms with Gasteiger partial charge in [0.15, 0.2) is 4.77 Å². The second kappa shape index (κ2) is 7.66. The fourth-order valence-corrected chi connectivity index (χ4v) is 3.25. The van der Waals surface area contributed by atoms with Crippen LogP contribution in [0.1, 0.15) is 21.7 Å². The second-order valence-corrected chi connectivity index (χ2v) is 6.72. The van der Waals surface area contributed by atoms with Gasteiger partial charge >= 0.3 is 0 Å². The third-order valence-electron chi connectivity index (χ3n) is 4.43. The zero-order chi connectivity index (χ0) is 19.5. The number of hydrogen-bond donors (Lipinski definition) is 2. The standard InChI is InChI=1S/C21H17N3O3S/c25-19(22-12-16-7-4-10-27-16)15-8-9-17-18(11-15)23-21(28)24(20(17)26)13-14-5-2-1-3-6-14/h1-11H,12-13H2,(H,22,25)(H,23,28). The zero-order valence-corrected chi connectivity index (χ0v) is 15.7. The predicted molar refractivity (Wildman–Crippen MR) is 109 cm³/mol. The Labute approximate surface area is 165 Å². The van der Waals surface area contributed by atoms with Gasteiger partial charge in [-0.15, -0.1) is 0 Å². The van der Waals surface area contributed by atoms with E-state index in [0.29, 0.717) is 40.1 Å². The highest BCUT2D eigenvalue weighted by molar-refractivity contribution is 7.71. The van der Waals surface area contributed by atoms with Crippen LogP contribution in [0.2, 0.25) is 0 Å². The number of amides is 1. The molecular weight excluding hydrogens is 374 g/mol. The number of carbonyl (C=O) groups excluding carboxylic acids is 1. The number of rotatable bonds is 5. The maximum absolute atomic E-state index is 12.9. The highest BCUT2D eigenvalue weighted by Crippen LogP contribution is 2.12. The molecule has 0 aliphatic heterocycles. The Morgan fingerprint density at radius 1 is 1.11 bits per heavy atom. The molecule has 0 unspecified atom stereocenters. The number of hydrogen-bond acceptors (Lipinski definition) is 4. The molecule has 7 heteroatoms. The summed E-state index contributed by atoms with van der Waals surface area (Å²) < 4.78 is 7.04. The van der Waals surface area contributed by atoms with Crippen LogP contribution in [-0.4, -0.2) is 15.5 Å². The van der Waals surface area contributed by atoms with Crippen molar-refractivity contribution in [1.29, 1.82) is 0 Å². The van der Waals surface area contributed by atoms with Crippen LogP contribution in [0.3, 0.4) is 0 Å². The number of benzene rings is 2. The third-order valence-corrected chi connectivity index (χ3v) is 4.75. The van der Waals surface area contributed by atoms with E-state index in [1.54, 1.807) is 36.6 Å².